The summed E-state index contributed by atoms with van der Waals surface area (Å²) in [6, 6.07) is 8.79. The first-order valence-corrected chi connectivity index (χ1v) is 7.48. The van der Waals surface area contributed by atoms with Gasteiger partial charge in [-0.25, -0.2) is 4.79 Å². The fourth-order valence-corrected chi connectivity index (χ4v) is 2.95. The molecule has 1 aromatic carbocycles. The molecule has 0 bridgehead atoms. The normalized spacial score (nSPS) is 24.5. The molecule has 0 saturated carbocycles. The van der Waals surface area contributed by atoms with Crippen LogP contribution in [0.2, 0.25) is 0 Å². The highest BCUT2D eigenvalue weighted by atomic mass is 16.6. The van der Waals surface area contributed by atoms with E-state index in [2.05, 4.69) is 5.16 Å². The Bertz CT molecular complexity index is 599. The number of nitrogens with zero attached hydrogens (tertiary/aromatic N) is 2. The van der Waals surface area contributed by atoms with Gasteiger partial charge in [0.1, 0.15) is 6.04 Å². The molecule has 1 aromatic rings. The van der Waals surface area contributed by atoms with Crippen LogP contribution in [0.15, 0.2) is 35.5 Å². The molecule has 6 nitrogen and oxygen atoms in total. The third kappa shape index (κ3) is 2.81. The second kappa shape index (κ2) is 6.17. The quantitative estimate of drug-likeness (QED) is 0.920. The number of hydrogen-bond donors (Lipinski definition) is 1. The van der Waals surface area contributed by atoms with Crippen LogP contribution in [0.3, 0.4) is 0 Å². The van der Waals surface area contributed by atoms with E-state index in [0.717, 1.165) is 24.1 Å². The van der Waals surface area contributed by atoms with Gasteiger partial charge in [-0.05, 0) is 24.8 Å². The fraction of sp³-hybridized carbons (Fsp3) is 0.438. The third-order valence-electron chi connectivity index (χ3n) is 4.12. The number of carboxylic acid groups (broad SMARTS) is 1. The van der Waals surface area contributed by atoms with Crippen LogP contribution >= 0.6 is 0 Å². The first kappa shape index (κ1) is 14.6. The lowest BCUT2D eigenvalue weighted by Gasteiger charge is -2.33. The minimum absolute atomic E-state index is 0.276. The summed E-state index contributed by atoms with van der Waals surface area (Å²) in [6.07, 6.45) is 1.83. The van der Waals surface area contributed by atoms with Crippen LogP contribution < -0.4 is 0 Å². The predicted octanol–water partition coefficient (Wildman–Crippen LogP) is 1.65. The Morgan fingerprint density at radius 1 is 1.23 bits per heavy atom. The van der Waals surface area contributed by atoms with E-state index in [1.807, 2.05) is 30.3 Å². The van der Waals surface area contributed by atoms with Crippen molar-refractivity contribution in [1.82, 2.24) is 4.90 Å². The molecule has 1 N–H and O–H groups in total. The number of carbonyl (C=O) groups excluding carboxylic acids is 1. The minimum atomic E-state index is -0.949. The van der Waals surface area contributed by atoms with E-state index in [-0.39, 0.29) is 5.91 Å². The Labute approximate surface area is 128 Å². The Morgan fingerprint density at radius 2 is 2.00 bits per heavy atom. The summed E-state index contributed by atoms with van der Waals surface area (Å²) in [7, 11) is 0. The maximum absolute atomic E-state index is 12.6. The van der Waals surface area contributed by atoms with Gasteiger partial charge in [0.05, 0.1) is 5.71 Å². The van der Waals surface area contributed by atoms with Gasteiger partial charge in [-0.1, -0.05) is 35.5 Å². The summed E-state index contributed by atoms with van der Waals surface area (Å²) >= 11 is 0. The van der Waals surface area contributed by atoms with Crippen LogP contribution in [0.25, 0.3) is 0 Å². The highest BCUT2D eigenvalue weighted by Gasteiger charge is 2.38. The number of likely N-dealkylation sites (tertiary alicyclic amines) is 1. The van der Waals surface area contributed by atoms with Crippen molar-refractivity contribution in [2.75, 3.05) is 6.54 Å². The van der Waals surface area contributed by atoms with E-state index in [1.165, 1.54) is 4.90 Å². The van der Waals surface area contributed by atoms with Crippen molar-refractivity contribution in [1.29, 1.82) is 0 Å². The topological polar surface area (TPSA) is 79.2 Å². The van der Waals surface area contributed by atoms with Crippen LogP contribution in [0.4, 0.5) is 0 Å². The van der Waals surface area contributed by atoms with E-state index in [4.69, 9.17) is 4.84 Å². The minimum Gasteiger partial charge on any atom is -0.480 e. The number of benzene rings is 1. The summed E-state index contributed by atoms with van der Waals surface area (Å²) in [5, 5.41) is 13.3. The van der Waals surface area contributed by atoms with Crippen molar-refractivity contribution in [3.63, 3.8) is 0 Å². The molecule has 2 unspecified atom stereocenters. The largest absolute Gasteiger partial charge is 0.480 e. The van der Waals surface area contributed by atoms with Gasteiger partial charge < -0.3 is 14.8 Å². The zero-order valence-corrected chi connectivity index (χ0v) is 12.1. The first-order valence-electron chi connectivity index (χ1n) is 7.48. The van der Waals surface area contributed by atoms with Gasteiger partial charge in [-0.15, -0.1) is 0 Å². The van der Waals surface area contributed by atoms with E-state index in [0.29, 0.717) is 19.4 Å². The Balaban J connectivity index is 1.68. The zero-order valence-electron chi connectivity index (χ0n) is 12.1. The second-order valence-electron chi connectivity index (χ2n) is 5.58. The molecule has 0 radical (unpaired) electrons. The summed E-state index contributed by atoms with van der Waals surface area (Å²) in [4.78, 5) is 30.6. The summed E-state index contributed by atoms with van der Waals surface area (Å²) in [5.41, 5.74) is 1.65. The molecule has 2 atom stereocenters. The molecule has 1 saturated heterocycles. The van der Waals surface area contributed by atoms with Gasteiger partial charge in [0.25, 0.3) is 5.91 Å². The van der Waals surface area contributed by atoms with Crippen molar-refractivity contribution >= 4 is 17.6 Å². The number of oxime groups is 1. The van der Waals surface area contributed by atoms with Gasteiger partial charge in [-0.3, -0.25) is 4.79 Å². The lowest BCUT2D eigenvalue weighted by molar-refractivity contribution is -0.157. The fourth-order valence-electron chi connectivity index (χ4n) is 2.95. The van der Waals surface area contributed by atoms with Crippen molar-refractivity contribution in [3.8, 4) is 0 Å². The van der Waals surface area contributed by atoms with E-state index >= 15 is 0 Å². The third-order valence-corrected chi connectivity index (χ3v) is 4.12. The van der Waals surface area contributed by atoms with Gasteiger partial charge in [-0.2, -0.15) is 0 Å². The number of carbonyl (C=O) groups is 2. The van der Waals surface area contributed by atoms with E-state index in [9.17, 15) is 14.7 Å². The molecule has 2 heterocycles. The summed E-state index contributed by atoms with van der Waals surface area (Å²) in [5.74, 6) is -1.22. The highest BCUT2D eigenvalue weighted by molar-refractivity contribution is 6.04. The number of carboxylic acids is 1. The van der Waals surface area contributed by atoms with E-state index < -0.39 is 18.1 Å². The lowest BCUT2D eigenvalue weighted by Crippen LogP contribution is -2.51. The average Bonchev–Trinajstić information content (AvgIpc) is 3.05. The molecule has 0 aliphatic carbocycles. The number of amides is 1. The Kier molecular flexibility index (Phi) is 4.09. The van der Waals surface area contributed by atoms with Gasteiger partial charge in [0.2, 0.25) is 6.10 Å². The molecular formula is C16H18N2O4. The van der Waals surface area contributed by atoms with Crippen LogP contribution in [0.5, 0.6) is 0 Å². The lowest BCUT2D eigenvalue weighted by atomic mass is 9.99. The van der Waals surface area contributed by atoms with Crippen LogP contribution in [0, 0.1) is 0 Å². The van der Waals surface area contributed by atoms with Crippen molar-refractivity contribution in [2.45, 2.75) is 37.8 Å². The first-order chi connectivity index (χ1) is 10.7. The number of rotatable bonds is 3. The molecule has 3 rings (SSSR count). The Morgan fingerprint density at radius 3 is 2.73 bits per heavy atom. The second-order valence-corrected chi connectivity index (χ2v) is 5.58. The van der Waals surface area contributed by atoms with Crippen molar-refractivity contribution in [3.05, 3.63) is 35.9 Å². The maximum atomic E-state index is 12.6. The SMILES string of the molecule is O=C(O)C1CCCCN1C(=O)C1CC(c2ccccc2)=NO1. The summed E-state index contributed by atoms with van der Waals surface area (Å²) < 4.78 is 0. The molecule has 2 aliphatic rings. The van der Waals surface area contributed by atoms with Gasteiger partial charge in [0, 0.05) is 13.0 Å². The molecule has 116 valence electrons. The standard InChI is InChI=1S/C16H18N2O4/c19-15(18-9-5-4-8-13(18)16(20)21)14-10-12(17-22-14)11-6-2-1-3-7-11/h1-3,6-7,13-14H,4-5,8-10H2,(H,20,21). The van der Waals surface area contributed by atoms with Gasteiger partial charge in [0.15, 0.2) is 0 Å². The maximum Gasteiger partial charge on any atom is 0.326 e. The monoisotopic (exact) mass is 302 g/mol. The van der Waals surface area contributed by atoms with Crippen molar-refractivity contribution in [2.24, 2.45) is 5.16 Å². The predicted molar refractivity (Wildman–Crippen MR) is 79.5 cm³/mol. The van der Waals surface area contributed by atoms with Crippen LogP contribution in [-0.4, -0.2) is 46.3 Å². The number of aliphatic carboxylic acids is 1. The highest BCUT2D eigenvalue weighted by Crippen LogP contribution is 2.23. The number of hydrogen-bond acceptors (Lipinski definition) is 4. The molecule has 6 heteroatoms. The zero-order chi connectivity index (χ0) is 15.5. The van der Waals surface area contributed by atoms with E-state index in [1.54, 1.807) is 0 Å². The summed E-state index contributed by atoms with van der Waals surface area (Å²) in [6.45, 7) is 0.469. The van der Waals surface area contributed by atoms with Crippen molar-refractivity contribution < 1.29 is 19.5 Å². The smallest absolute Gasteiger partial charge is 0.326 e. The van der Waals surface area contributed by atoms with Gasteiger partial charge >= 0.3 is 5.97 Å². The molecule has 2 aliphatic heterocycles. The van der Waals surface area contributed by atoms with Crippen LogP contribution in [0.1, 0.15) is 31.2 Å². The van der Waals surface area contributed by atoms with Crippen LogP contribution in [-0.2, 0) is 14.4 Å². The average molecular weight is 302 g/mol. The molecule has 0 spiro atoms. The molecular weight excluding hydrogens is 284 g/mol. The Hall–Kier alpha value is -2.37. The molecule has 0 aromatic heterocycles. The number of piperidine rings is 1. The molecule has 1 amide bonds. The molecule has 22 heavy (non-hydrogen) atoms. The molecule has 1 fully saturated rings.